The van der Waals surface area contributed by atoms with Crippen LogP contribution in [-0.2, 0) is 4.74 Å². The molecule has 0 saturated carbocycles. The van der Waals surface area contributed by atoms with Crippen LogP contribution in [0.5, 0.6) is 0 Å². The number of rotatable bonds is 1. The summed E-state index contributed by atoms with van der Waals surface area (Å²) in [5, 5.41) is 0. The summed E-state index contributed by atoms with van der Waals surface area (Å²) in [7, 11) is 0. The van der Waals surface area contributed by atoms with Crippen molar-refractivity contribution in [3.63, 3.8) is 0 Å². The maximum Gasteiger partial charge on any atom is 0.410 e. The highest BCUT2D eigenvalue weighted by atomic mass is 16.6. The molecule has 1 unspecified atom stereocenters. The third-order valence-electron chi connectivity index (χ3n) is 2.87. The summed E-state index contributed by atoms with van der Waals surface area (Å²) in [5.41, 5.74) is 0.726. The highest BCUT2D eigenvalue weighted by molar-refractivity contribution is 5.68. The Morgan fingerprint density at radius 1 is 1.47 bits per heavy atom. The van der Waals surface area contributed by atoms with E-state index in [4.69, 9.17) is 4.74 Å². The molecule has 0 aromatic heterocycles. The maximum absolute atomic E-state index is 11.9. The van der Waals surface area contributed by atoms with E-state index in [0.29, 0.717) is 19.0 Å². The number of carbonyl (C=O) groups is 1. The minimum atomic E-state index is -0.432. The van der Waals surface area contributed by atoms with E-state index in [-0.39, 0.29) is 6.09 Å². The topological polar surface area (TPSA) is 29.5 Å². The highest BCUT2D eigenvalue weighted by Gasteiger charge is 2.25. The molecule has 0 radical (unpaired) electrons. The van der Waals surface area contributed by atoms with Gasteiger partial charge in [-0.25, -0.2) is 4.79 Å². The summed E-state index contributed by atoms with van der Waals surface area (Å²) < 4.78 is 5.37. The van der Waals surface area contributed by atoms with Crippen molar-refractivity contribution in [2.24, 2.45) is 5.92 Å². The molecule has 3 nitrogen and oxygen atoms in total. The van der Waals surface area contributed by atoms with Gasteiger partial charge in [0.2, 0.25) is 0 Å². The quantitative estimate of drug-likeness (QED) is 0.654. The molecule has 1 fully saturated rings. The fraction of sp³-hybridized carbons (Fsp3) is 0.643. The van der Waals surface area contributed by atoms with Gasteiger partial charge < -0.3 is 9.64 Å². The zero-order chi connectivity index (χ0) is 13.1. The van der Waals surface area contributed by atoms with Gasteiger partial charge in [0.05, 0.1) is 0 Å². The fourth-order valence-electron chi connectivity index (χ4n) is 1.87. The second-order valence-electron chi connectivity index (χ2n) is 5.51. The second kappa shape index (κ2) is 5.39. The number of ether oxygens (including phenoxy) is 1. The van der Waals surface area contributed by atoms with Gasteiger partial charge in [0.15, 0.2) is 0 Å². The van der Waals surface area contributed by atoms with Crippen molar-refractivity contribution in [2.45, 2.75) is 39.2 Å². The first-order valence-electron chi connectivity index (χ1n) is 6.11. The number of amides is 1. The van der Waals surface area contributed by atoms with E-state index in [1.54, 1.807) is 4.90 Å². The Kier molecular flexibility index (Phi) is 4.38. The molecule has 3 heteroatoms. The van der Waals surface area contributed by atoms with Crippen LogP contribution in [0.25, 0.3) is 0 Å². The smallest absolute Gasteiger partial charge is 0.410 e. The van der Waals surface area contributed by atoms with Crippen molar-refractivity contribution in [3.05, 3.63) is 24.8 Å². The number of carbonyl (C=O) groups excluding carboxylic acids is 1. The standard InChI is InChI=1S/C14H23NO2/c1-6-12-8-10-15(9-7-11(12)2)13(16)17-14(3,4)5/h6,12H,1-2,7-10H2,3-5H3. The summed E-state index contributed by atoms with van der Waals surface area (Å²) >= 11 is 0. The summed E-state index contributed by atoms with van der Waals surface area (Å²) in [6.45, 7) is 14.9. The van der Waals surface area contributed by atoms with Crippen molar-refractivity contribution < 1.29 is 9.53 Å². The number of allylic oxidation sites excluding steroid dienone is 1. The van der Waals surface area contributed by atoms with Crippen LogP contribution >= 0.6 is 0 Å². The van der Waals surface area contributed by atoms with E-state index < -0.39 is 5.60 Å². The lowest BCUT2D eigenvalue weighted by Gasteiger charge is -2.26. The zero-order valence-electron chi connectivity index (χ0n) is 11.2. The van der Waals surface area contributed by atoms with Crippen LogP contribution in [0.4, 0.5) is 4.79 Å². The normalized spacial score (nSPS) is 21.9. The molecule has 1 aliphatic rings. The average Bonchev–Trinajstić information content (AvgIpc) is 2.37. The Hall–Kier alpha value is -1.25. The molecule has 1 amide bonds. The molecule has 1 aliphatic heterocycles. The molecule has 96 valence electrons. The van der Waals surface area contributed by atoms with E-state index >= 15 is 0 Å². The molecule has 1 heterocycles. The molecule has 1 saturated heterocycles. The Morgan fingerprint density at radius 2 is 2.12 bits per heavy atom. The Bertz CT molecular complexity index is 315. The predicted molar refractivity (Wildman–Crippen MR) is 69.9 cm³/mol. The first-order valence-corrected chi connectivity index (χ1v) is 6.11. The number of hydrogen-bond donors (Lipinski definition) is 0. The molecule has 1 atom stereocenters. The molecule has 1 rings (SSSR count). The molecule has 0 spiro atoms. The molecule has 0 aromatic rings. The Balaban J connectivity index is 2.59. The predicted octanol–water partition coefficient (Wildman–Crippen LogP) is 3.38. The van der Waals surface area contributed by atoms with Crippen molar-refractivity contribution in [3.8, 4) is 0 Å². The summed E-state index contributed by atoms with van der Waals surface area (Å²) in [4.78, 5) is 13.7. The van der Waals surface area contributed by atoms with Crippen LogP contribution in [-0.4, -0.2) is 29.7 Å². The second-order valence-corrected chi connectivity index (χ2v) is 5.51. The van der Waals surface area contributed by atoms with Crippen LogP contribution in [0.3, 0.4) is 0 Å². The van der Waals surface area contributed by atoms with Crippen molar-refractivity contribution in [1.82, 2.24) is 4.90 Å². The maximum atomic E-state index is 11.9. The summed E-state index contributed by atoms with van der Waals surface area (Å²) in [6, 6.07) is 0. The van der Waals surface area contributed by atoms with Gasteiger partial charge in [0.25, 0.3) is 0 Å². The van der Waals surface area contributed by atoms with Gasteiger partial charge >= 0.3 is 6.09 Å². The molecule has 0 bridgehead atoms. The molecule has 0 aromatic carbocycles. The van der Waals surface area contributed by atoms with Gasteiger partial charge in [-0.1, -0.05) is 18.2 Å². The number of likely N-dealkylation sites (tertiary alicyclic amines) is 1. The van der Waals surface area contributed by atoms with Crippen LogP contribution < -0.4 is 0 Å². The highest BCUT2D eigenvalue weighted by Crippen LogP contribution is 2.23. The van der Waals surface area contributed by atoms with E-state index in [1.165, 1.54) is 0 Å². The minimum Gasteiger partial charge on any atom is -0.444 e. The molecule has 0 aliphatic carbocycles. The van der Waals surface area contributed by atoms with Crippen LogP contribution in [0.2, 0.25) is 0 Å². The third kappa shape index (κ3) is 4.25. The van der Waals surface area contributed by atoms with E-state index in [0.717, 1.165) is 18.4 Å². The van der Waals surface area contributed by atoms with Gasteiger partial charge in [-0.15, -0.1) is 6.58 Å². The van der Waals surface area contributed by atoms with Crippen molar-refractivity contribution in [1.29, 1.82) is 0 Å². The van der Waals surface area contributed by atoms with Crippen LogP contribution in [0.15, 0.2) is 24.8 Å². The van der Waals surface area contributed by atoms with Crippen LogP contribution in [0.1, 0.15) is 33.6 Å². The van der Waals surface area contributed by atoms with Gasteiger partial charge in [0.1, 0.15) is 5.60 Å². The largest absolute Gasteiger partial charge is 0.444 e. The van der Waals surface area contributed by atoms with Crippen molar-refractivity contribution >= 4 is 6.09 Å². The van der Waals surface area contributed by atoms with Gasteiger partial charge in [-0.2, -0.15) is 0 Å². The van der Waals surface area contributed by atoms with Crippen molar-refractivity contribution in [2.75, 3.05) is 13.1 Å². The fourth-order valence-corrected chi connectivity index (χ4v) is 1.87. The van der Waals surface area contributed by atoms with Gasteiger partial charge in [0, 0.05) is 13.1 Å². The molecule has 0 N–H and O–H groups in total. The van der Waals surface area contributed by atoms with Gasteiger partial charge in [-0.3, -0.25) is 0 Å². The SMILES string of the molecule is C=CC1CCN(C(=O)OC(C)(C)C)CCC1=C. The Labute approximate surface area is 104 Å². The summed E-state index contributed by atoms with van der Waals surface area (Å²) in [5.74, 6) is 0.322. The number of nitrogens with zero attached hydrogens (tertiary/aromatic N) is 1. The first kappa shape index (κ1) is 13.8. The van der Waals surface area contributed by atoms with Gasteiger partial charge in [-0.05, 0) is 39.5 Å². The number of hydrogen-bond acceptors (Lipinski definition) is 2. The lowest BCUT2D eigenvalue weighted by atomic mass is 9.96. The molecule has 17 heavy (non-hydrogen) atoms. The third-order valence-corrected chi connectivity index (χ3v) is 2.87. The van der Waals surface area contributed by atoms with E-state index in [9.17, 15) is 4.79 Å². The summed E-state index contributed by atoms with van der Waals surface area (Å²) in [6.07, 6.45) is 3.41. The first-order chi connectivity index (χ1) is 7.83. The lowest BCUT2D eigenvalue weighted by molar-refractivity contribution is 0.0257. The average molecular weight is 237 g/mol. The Morgan fingerprint density at radius 3 is 2.65 bits per heavy atom. The lowest BCUT2D eigenvalue weighted by Crippen LogP contribution is -2.37. The zero-order valence-corrected chi connectivity index (χ0v) is 11.2. The van der Waals surface area contributed by atoms with E-state index in [1.807, 2.05) is 26.8 Å². The van der Waals surface area contributed by atoms with E-state index in [2.05, 4.69) is 13.2 Å². The minimum absolute atomic E-state index is 0.227. The molecular formula is C14H23NO2. The monoisotopic (exact) mass is 237 g/mol. The molecular weight excluding hydrogens is 214 g/mol. The van der Waals surface area contributed by atoms with Crippen LogP contribution in [0, 0.1) is 5.92 Å².